The van der Waals surface area contributed by atoms with Crippen molar-refractivity contribution in [2.75, 3.05) is 5.88 Å². The maximum absolute atomic E-state index is 5.84. The van der Waals surface area contributed by atoms with Crippen molar-refractivity contribution in [3.05, 3.63) is 0 Å². The Morgan fingerprint density at radius 2 is 1.82 bits per heavy atom. The summed E-state index contributed by atoms with van der Waals surface area (Å²) in [7, 11) is 0. The van der Waals surface area contributed by atoms with Gasteiger partial charge in [0.2, 0.25) is 0 Å². The zero-order valence-corrected chi connectivity index (χ0v) is 8.24. The molecule has 11 heavy (non-hydrogen) atoms. The molecule has 0 saturated carbocycles. The Bertz CT molecular complexity index is 76.0. The first-order valence-electron chi connectivity index (χ1n) is 4.62. The van der Waals surface area contributed by atoms with Crippen LogP contribution in [0, 0.1) is 0 Å². The maximum atomic E-state index is 5.84. The SMILES string of the molecule is CCCCCC(N)CCCCl. The van der Waals surface area contributed by atoms with Crippen LogP contribution in [0.4, 0.5) is 0 Å². The number of alkyl halides is 1. The molecule has 0 heterocycles. The molecule has 0 aromatic rings. The monoisotopic (exact) mass is 177 g/mol. The van der Waals surface area contributed by atoms with Crippen LogP contribution in [-0.2, 0) is 0 Å². The molecule has 1 nitrogen and oxygen atoms in total. The molecule has 0 aliphatic heterocycles. The number of nitrogens with two attached hydrogens (primary N) is 1. The molecule has 2 N–H and O–H groups in total. The van der Waals surface area contributed by atoms with E-state index >= 15 is 0 Å². The number of hydrogen-bond donors (Lipinski definition) is 1. The van der Waals surface area contributed by atoms with E-state index < -0.39 is 0 Å². The maximum Gasteiger partial charge on any atom is 0.0224 e. The number of unbranched alkanes of at least 4 members (excludes halogenated alkanes) is 2. The molecule has 1 unspecified atom stereocenters. The third-order valence-electron chi connectivity index (χ3n) is 1.89. The van der Waals surface area contributed by atoms with Gasteiger partial charge in [0.15, 0.2) is 0 Å². The van der Waals surface area contributed by atoms with E-state index in [2.05, 4.69) is 6.92 Å². The van der Waals surface area contributed by atoms with E-state index in [9.17, 15) is 0 Å². The fourth-order valence-corrected chi connectivity index (χ4v) is 1.29. The molecule has 0 rings (SSSR count). The highest BCUT2D eigenvalue weighted by Crippen LogP contribution is 2.06. The molecule has 2 heteroatoms. The molecular weight excluding hydrogens is 158 g/mol. The summed E-state index contributed by atoms with van der Waals surface area (Å²) >= 11 is 5.55. The molecule has 0 amide bonds. The van der Waals surface area contributed by atoms with Gasteiger partial charge in [0, 0.05) is 11.9 Å². The van der Waals surface area contributed by atoms with Crippen molar-refractivity contribution < 1.29 is 0 Å². The topological polar surface area (TPSA) is 26.0 Å². The fraction of sp³-hybridized carbons (Fsp3) is 1.00. The minimum Gasteiger partial charge on any atom is -0.328 e. The van der Waals surface area contributed by atoms with E-state index in [4.69, 9.17) is 17.3 Å². The minimum absolute atomic E-state index is 0.389. The second-order valence-electron chi connectivity index (χ2n) is 3.09. The first-order valence-corrected chi connectivity index (χ1v) is 5.16. The number of rotatable bonds is 7. The smallest absolute Gasteiger partial charge is 0.0224 e. The molecule has 0 aromatic carbocycles. The molecular formula is C9H20ClN. The quantitative estimate of drug-likeness (QED) is 0.470. The third kappa shape index (κ3) is 8.15. The first-order chi connectivity index (χ1) is 5.31. The standard InChI is InChI=1S/C9H20ClN/c1-2-3-4-6-9(11)7-5-8-10/h9H,2-8,11H2,1H3. The Hall–Kier alpha value is 0.250. The highest BCUT2D eigenvalue weighted by atomic mass is 35.5. The number of halogens is 1. The molecule has 0 fully saturated rings. The van der Waals surface area contributed by atoms with Crippen LogP contribution in [0.2, 0.25) is 0 Å². The van der Waals surface area contributed by atoms with Crippen molar-refractivity contribution >= 4 is 11.6 Å². The average Bonchev–Trinajstić information content (AvgIpc) is 2.01. The molecule has 1 atom stereocenters. The van der Waals surface area contributed by atoms with Gasteiger partial charge in [-0.25, -0.2) is 0 Å². The summed E-state index contributed by atoms with van der Waals surface area (Å²) in [5.74, 6) is 0.751. The summed E-state index contributed by atoms with van der Waals surface area (Å²) in [6.07, 6.45) is 7.20. The normalized spacial score (nSPS) is 13.4. The highest BCUT2D eigenvalue weighted by Gasteiger charge is 2.00. The summed E-state index contributed by atoms with van der Waals surface area (Å²) in [6, 6.07) is 0.389. The van der Waals surface area contributed by atoms with Crippen molar-refractivity contribution in [3.8, 4) is 0 Å². The summed E-state index contributed by atoms with van der Waals surface area (Å²) in [6.45, 7) is 2.21. The zero-order chi connectivity index (χ0) is 8.53. The van der Waals surface area contributed by atoms with Gasteiger partial charge in [0.25, 0.3) is 0 Å². The van der Waals surface area contributed by atoms with Crippen LogP contribution in [-0.4, -0.2) is 11.9 Å². The van der Waals surface area contributed by atoms with Crippen LogP contribution in [0.1, 0.15) is 45.4 Å². The molecule has 0 aromatic heterocycles. The van der Waals surface area contributed by atoms with Gasteiger partial charge in [-0.05, 0) is 19.3 Å². The van der Waals surface area contributed by atoms with E-state index in [1.54, 1.807) is 0 Å². The summed E-state index contributed by atoms with van der Waals surface area (Å²) in [4.78, 5) is 0. The van der Waals surface area contributed by atoms with Gasteiger partial charge in [0.05, 0.1) is 0 Å². The predicted molar refractivity (Wildman–Crippen MR) is 52.1 cm³/mol. The number of hydrogen-bond acceptors (Lipinski definition) is 1. The second kappa shape index (κ2) is 8.35. The van der Waals surface area contributed by atoms with Gasteiger partial charge in [-0.2, -0.15) is 0 Å². The predicted octanol–water partition coefficient (Wildman–Crippen LogP) is 2.91. The van der Waals surface area contributed by atoms with Crippen molar-refractivity contribution in [1.29, 1.82) is 0 Å². The Morgan fingerprint density at radius 1 is 1.18 bits per heavy atom. The van der Waals surface area contributed by atoms with Crippen molar-refractivity contribution in [3.63, 3.8) is 0 Å². The van der Waals surface area contributed by atoms with Crippen LogP contribution in [0.15, 0.2) is 0 Å². The second-order valence-corrected chi connectivity index (χ2v) is 3.47. The van der Waals surface area contributed by atoms with Gasteiger partial charge < -0.3 is 5.73 Å². The minimum atomic E-state index is 0.389. The van der Waals surface area contributed by atoms with E-state index in [-0.39, 0.29) is 0 Å². The van der Waals surface area contributed by atoms with Crippen molar-refractivity contribution in [2.45, 2.75) is 51.5 Å². The van der Waals surface area contributed by atoms with E-state index in [1.165, 1.54) is 25.7 Å². The molecule has 0 bridgehead atoms. The van der Waals surface area contributed by atoms with Crippen molar-refractivity contribution in [1.82, 2.24) is 0 Å². The lowest BCUT2D eigenvalue weighted by Gasteiger charge is -2.08. The first kappa shape index (κ1) is 11.2. The van der Waals surface area contributed by atoms with Crippen LogP contribution in [0.25, 0.3) is 0 Å². The molecule has 68 valence electrons. The van der Waals surface area contributed by atoms with E-state index in [0.717, 1.165) is 18.7 Å². The Labute approximate surface area is 75.3 Å². The largest absolute Gasteiger partial charge is 0.328 e. The van der Waals surface area contributed by atoms with Crippen LogP contribution in [0.3, 0.4) is 0 Å². The Kier molecular flexibility index (Phi) is 8.54. The summed E-state index contributed by atoms with van der Waals surface area (Å²) in [5.41, 5.74) is 5.84. The van der Waals surface area contributed by atoms with Gasteiger partial charge >= 0.3 is 0 Å². The van der Waals surface area contributed by atoms with Crippen LogP contribution in [0.5, 0.6) is 0 Å². The van der Waals surface area contributed by atoms with Gasteiger partial charge in [-0.3, -0.25) is 0 Å². The molecule has 0 radical (unpaired) electrons. The lowest BCUT2D eigenvalue weighted by atomic mass is 10.1. The Balaban J connectivity index is 3.02. The lowest BCUT2D eigenvalue weighted by molar-refractivity contribution is 0.525. The average molecular weight is 178 g/mol. The summed E-state index contributed by atoms with van der Waals surface area (Å²) < 4.78 is 0. The summed E-state index contributed by atoms with van der Waals surface area (Å²) in [5, 5.41) is 0. The fourth-order valence-electron chi connectivity index (χ4n) is 1.14. The highest BCUT2D eigenvalue weighted by molar-refractivity contribution is 6.17. The zero-order valence-electron chi connectivity index (χ0n) is 7.48. The van der Waals surface area contributed by atoms with E-state index in [1.807, 2.05) is 0 Å². The molecule has 0 spiro atoms. The van der Waals surface area contributed by atoms with E-state index in [0.29, 0.717) is 6.04 Å². The molecule has 0 saturated heterocycles. The lowest BCUT2D eigenvalue weighted by Crippen LogP contribution is -2.19. The molecule has 0 aliphatic carbocycles. The third-order valence-corrected chi connectivity index (χ3v) is 2.15. The van der Waals surface area contributed by atoms with Gasteiger partial charge in [-0.1, -0.05) is 26.2 Å². The van der Waals surface area contributed by atoms with Crippen molar-refractivity contribution in [2.24, 2.45) is 5.73 Å². The van der Waals surface area contributed by atoms with Gasteiger partial charge in [-0.15, -0.1) is 11.6 Å². The Morgan fingerprint density at radius 3 is 2.36 bits per heavy atom. The van der Waals surface area contributed by atoms with Crippen LogP contribution < -0.4 is 5.73 Å². The molecule has 0 aliphatic rings. The van der Waals surface area contributed by atoms with Gasteiger partial charge in [0.1, 0.15) is 0 Å². The van der Waals surface area contributed by atoms with Crippen LogP contribution >= 0.6 is 11.6 Å².